The molecule has 0 fully saturated rings. The summed E-state index contributed by atoms with van der Waals surface area (Å²) in [6.45, 7) is 2.41. The van der Waals surface area contributed by atoms with E-state index in [0.717, 1.165) is 12.8 Å². The number of carboxylic acids is 1. The van der Waals surface area contributed by atoms with Gasteiger partial charge in [0.15, 0.2) is 0 Å². The summed E-state index contributed by atoms with van der Waals surface area (Å²) in [6, 6.07) is 0. The number of hydrogen-bond donors (Lipinski definition) is 2. The number of unbranched alkanes of at least 4 members (excludes halogenated alkanes) is 1. The number of ketones is 1. The number of aliphatic carboxylic acids is 1. The Balaban J connectivity index is 4.05. The second-order valence-corrected chi connectivity index (χ2v) is 3.39. The molecule has 0 aromatic rings. The van der Waals surface area contributed by atoms with Gasteiger partial charge in [0.1, 0.15) is 11.7 Å². The predicted octanol–water partition coefficient (Wildman–Crippen LogP) is 1.19. The summed E-state index contributed by atoms with van der Waals surface area (Å²) in [6.07, 6.45) is 3.02. The standard InChI is InChI=1S/C10H19NO3/c1-2-3-6-9(12)8(10(13)14)5-4-7-11/h8H,2-7,11H2,1H3,(H,13,14). The molecular weight excluding hydrogens is 182 g/mol. The van der Waals surface area contributed by atoms with Crippen molar-refractivity contribution in [2.45, 2.75) is 39.0 Å². The van der Waals surface area contributed by atoms with Crippen molar-refractivity contribution < 1.29 is 14.7 Å². The highest BCUT2D eigenvalue weighted by Gasteiger charge is 2.24. The number of carboxylic acid groups (broad SMARTS) is 1. The highest BCUT2D eigenvalue weighted by Crippen LogP contribution is 2.12. The van der Waals surface area contributed by atoms with E-state index >= 15 is 0 Å². The Kier molecular flexibility index (Phi) is 7.02. The summed E-state index contributed by atoms with van der Waals surface area (Å²) in [5, 5.41) is 8.81. The van der Waals surface area contributed by atoms with Crippen LogP contribution in [0, 0.1) is 5.92 Å². The first-order valence-electron chi connectivity index (χ1n) is 5.09. The minimum atomic E-state index is -1.01. The van der Waals surface area contributed by atoms with Crippen LogP contribution in [-0.2, 0) is 9.59 Å². The van der Waals surface area contributed by atoms with Crippen molar-refractivity contribution in [3.05, 3.63) is 0 Å². The highest BCUT2D eigenvalue weighted by atomic mass is 16.4. The normalized spacial score (nSPS) is 12.4. The van der Waals surface area contributed by atoms with E-state index in [4.69, 9.17) is 10.8 Å². The Labute approximate surface area is 84.5 Å². The van der Waals surface area contributed by atoms with E-state index in [1.807, 2.05) is 6.92 Å². The van der Waals surface area contributed by atoms with Gasteiger partial charge in [-0.15, -0.1) is 0 Å². The van der Waals surface area contributed by atoms with E-state index in [1.54, 1.807) is 0 Å². The summed E-state index contributed by atoms with van der Waals surface area (Å²) in [7, 11) is 0. The van der Waals surface area contributed by atoms with Crippen molar-refractivity contribution in [2.75, 3.05) is 6.54 Å². The minimum absolute atomic E-state index is 0.159. The van der Waals surface area contributed by atoms with E-state index in [9.17, 15) is 9.59 Å². The minimum Gasteiger partial charge on any atom is -0.481 e. The number of Topliss-reactive ketones (excluding diaryl/α,β-unsaturated/α-hetero) is 1. The van der Waals surface area contributed by atoms with E-state index in [0.29, 0.717) is 25.8 Å². The second kappa shape index (κ2) is 7.50. The van der Waals surface area contributed by atoms with E-state index < -0.39 is 11.9 Å². The predicted molar refractivity (Wildman–Crippen MR) is 53.9 cm³/mol. The van der Waals surface area contributed by atoms with E-state index in [-0.39, 0.29) is 5.78 Å². The number of rotatable bonds is 8. The molecule has 0 radical (unpaired) electrons. The molecule has 0 aromatic carbocycles. The number of hydrogen-bond acceptors (Lipinski definition) is 3. The fraction of sp³-hybridized carbons (Fsp3) is 0.800. The fourth-order valence-electron chi connectivity index (χ4n) is 1.27. The SMILES string of the molecule is CCCCC(=O)C(CCCN)C(=O)O. The molecule has 0 saturated heterocycles. The zero-order valence-electron chi connectivity index (χ0n) is 8.66. The first-order valence-corrected chi connectivity index (χ1v) is 5.09. The van der Waals surface area contributed by atoms with E-state index in [2.05, 4.69) is 0 Å². The maximum atomic E-state index is 11.4. The Morgan fingerprint density at radius 2 is 2.00 bits per heavy atom. The molecule has 0 spiro atoms. The lowest BCUT2D eigenvalue weighted by molar-refractivity contribution is -0.146. The van der Waals surface area contributed by atoms with E-state index in [1.165, 1.54) is 0 Å². The molecule has 1 unspecified atom stereocenters. The first kappa shape index (κ1) is 13.1. The van der Waals surface area contributed by atoms with Crippen LogP contribution in [0.3, 0.4) is 0 Å². The Bertz CT molecular complexity index is 192. The van der Waals surface area contributed by atoms with Gasteiger partial charge in [0.25, 0.3) is 0 Å². The summed E-state index contributed by atoms with van der Waals surface area (Å²) < 4.78 is 0. The largest absolute Gasteiger partial charge is 0.481 e. The third-order valence-electron chi connectivity index (χ3n) is 2.16. The average Bonchev–Trinajstić information content (AvgIpc) is 2.14. The van der Waals surface area contributed by atoms with Gasteiger partial charge in [0.05, 0.1) is 0 Å². The van der Waals surface area contributed by atoms with Gasteiger partial charge >= 0.3 is 5.97 Å². The molecule has 4 nitrogen and oxygen atoms in total. The van der Waals surface area contributed by atoms with Crippen LogP contribution >= 0.6 is 0 Å². The second-order valence-electron chi connectivity index (χ2n) is 3.39. The molecule has 14 heavy (non-hydrogen) atoms. The average molecular weight is 201 g/mol. The molecule has 0 aromatic heterocycles. The molecular formula is C10H19NO3. The zero-order valence-corrected chi connectivity index (χ0v) is 8.66. The van der Waals surface area contributed by atoms with Crippen LogP contribution in [0.2, 0.25) is 0 Å². The fourth-order valence-corrected chi connectivity index (χ4v) is 1.27. The Morgan fingerprint density at radius 1 is 1.36 bits per heavy atom. The molecule has 0 aliphatic heterocycles. The zero-order chi connectivity index (χ0) is 11.0. The number of carbonyl (C=O) groups excluding carboxylic acids is 1. The van der Waals surface area contributed by atoms with Gasteiger partial charge < -0.3 is 10.8 Å². The summed E-state index contributed by atoms with van der Waals surface area (Å²) in [4.78, 5) is 22.2. The molecule has 0 saturated carbocycles. The first-order chi connectivity index (χ1) is 6.63. The Morgan fingerprint density at radius 3 is 2.43 bits per heavy atom. The molecule has 0 bridgehead atoms. The van der Waals surface area contributed by atoms with Gasteiger partial charge in [-0.1, -0.05) is 13.3 Å². The molecule has 3 N–H and O–H groups in total. The molecule has 0 amide bonds. The third-order valence-corrected chi connectivity index (χ3v) is 2.16. The molecule has 0 aliphatic carbocycles. The summed E-state index contributed by atoms with van der Waals surface area (Å²) in [5.74, 6) is -2.02. The van der Waals surface area contributed by atoms with Crippen molar-refractivity contribution in [3.8, 4) is 0 Å². The van der Waals surface area contributed by atoms with Gasteiger partial charge in [0, 0.05) is 6.42 Å². The van der Waals surface area contributed by atoms with Crippen LogP contribution in [-0.4, -0.2) is 23.4 Å². The lowest BCUT2D eigenvalue weighted by Gasteiger charge is -2.09. The summed E-state index contributed by atoms with van der Waals surface area (Å²) in [5.41, 5.74) is 5.27. The molecule has 0 rings (SSSR count). The van der Waals surface area contributed by atoms with Crippen LogP contribution in [0.15, 0.2) is 0 Å². The molecule has 4 heteroatoms. The Hall–Kier alpha value is -0.900. The maximum Gasteiger partial charge on any atom is 0.314 e. The van der Waals surface area contributed by atoms with Crippen LogP contribution in [0.4, 0.5) is 0 Å². The summed E-state index contributed by atoms with van der Waals surface area (Å²) >= 11 is 0. The van der Waals surface area contributed by atoms with Gasteiger partial charge in [-0.3, -0.25) is 9.59 Å². The van der Waals surface area contributed by atoms with Crippen LogP contribution in [0.1, 0.15) is 39.0 Å². The topological polar surface area (TPSA) is 80.4 Å². The molecule has 1 atom stereocenters. The van der Waals surface area contributed by atoms with Gasteiger partial charge in [-0.05, 0) is 25.8 Å². The van der Waals surface area contributed by atoms with Gasteiger partial charge in [0.2, 0.25) is 0 Å². The van der Waals surface area contributed by atoms with Crippen molar-refractivity contribution >= 4 is 11.8 Å². The lowest BCUT2D eigenvalue weighted by Crippen LogP contribution is -2.24. The van der Waals surface area contributed by atoms with Crippen LogP contribution in [0.25, 0.3) is 0 Å². The number of nitrogens with two attached hydrogens (primary N) is 1. The smallest absolute Gasteiger partial charge is 0.314 e. The molecule has 0 heterocycles. The van der Waals surface area contributed by atoms with Gasteiger partial charge in [-0.2, -0.15) is 0 Å². The van der Waals surface area contributed by atoms with Crippen molar-refractivity contribution in [3.63, 3.8) is 0 Å². The molecule has 82 valence electrons. The number of carbonyl (C=O) groups is 2. The van der Waals surface area contributed by atoms with Crippen LogP contribution < -0.4 is 5.73 Å². The van der Waals surface area contributed by atoms with Crippen LogP contribution in [0.5, 0.6) is 0 Å². The quantitative estimate of drug-likeness (QED) is 0.578. The monoisotopic (exact) mass is 201 g/mol. The lowest BCUT2D eigenvalue weighted by atomic mass is 9.95. The van der Waals surface area contributed by atoms with Crippen molar-refractivity contribution in [2.24, 2.45) is 11.7 Å². The highest BCUT2D eigenvalue weighted by molar-refractivity contribution is 5.98. The third kappa shape index (κ3) is 4.97. The maximum absolute atomic E-state index is 11.4. The van der Waals surface area contributed by atoms with Gasteiger partial charge in [-0.25, -0.2) is 0 Å². The van der Waals surface area contributed by atoms with Crippen molar-refractivity contribution in [1.82, 2.24) is 0 Å². The molecule has 0 aliphatic rings. The van der Waals surface area contributed by atoms with Crippen molar-refractivity contribution in [1.29, 1.82) is 0 Å².